The second-order valence-electron chi connectivity index (χ2n) is 6.67. The van der Waals surface area contributed by atoms with Crippen molar-refractivity contribution in [3.8, 4) is 11.5 Å². The third kappa shape index (κ3) is 4.94. The van der Waals surface area contributed by atoms with Gasteiger partial charge in [-0.05, 0) is 30.3 Å². The molecule has 0 spiro atoms. The van der Waals surface area contributed by atoms with Crippen molar-refractivity contribution in [2.45, 2.75) is 6.10 Å². The first-order valence-electron chi connectivity index (χ1n) is 9.53. The highest BCUT2D eigenvalue weighted by atomic mass is 16.6. The number of carbonyl (C=O) groups excluding carboxylic acids is 2. The Morgan fingerprint density at radius 3 is 2.77 bits per heavy atom. The molecule has 30 heavy (non-hydrogen) atoms. The van der Waals surface area contributed by atoms with E-state index < -0.39 is 11.9 Å². The summed E-state index contributed by atoms with van der Waals surface area (Å²) in [5.41, 5.74) is 1.47. The highest BCUT2D eigenvalue weighted by Crippen LogP contribution is 2.30. The van der Waals surface area contributed by atoms with Gasteiger partial charge in [0.2, 0.25) is 0 Å². The van der Waals surface area contributed by atoms with E-state index in [1.807, 2.05) is 60.7 Å². The van der Waals surface area contributed by atoms with Crippen molar-refractivity contribution in [2.24, 2.45) is 0 Å². The van der Waals surface area contributed by atoms with Gasteiger partial charge in [-0.15, -0.1) is 0 Å². The normalized spacial score (nSPS) is 15.1. The van der Waals surface area contributed by atoms with Crippen LogP contribution in [0.1, 0.15) is 5.69 Å². The molecule has 4 rings (SSSR count). The minimum absolute atomic E-state index is 0.252. The summed E-state index contributed by atoms with van der Waals surface area (Å²) in [5.74, 6) is 0.290. The zero-order chi connectivity index (χ0) is 20.8. The summed E-state index contributed by atoms with van der Waals surface area (Å²) in [7, 11) is 0. The standard InChI is InChI=1S/C23H20N2O5/c26-22(24-13-18-14-28-20-7-3-4-8-21(20)30-18)15-29-23(27)12-11-17-10-9-16-5-1-2-6-19(16)25-17/h1-12,18H,13-15H2,(H,24,26)/b12-11+/t18-/m1/s1. The Morgan fingerprint density at radius 1 is 1.07 bits per heavy atom. The monoisotopic (exact) mass is 404 g/mol. The number of hydrogen-bond acceptors (Lipinski definition) is 6. The molecule has 1 aliphatic heterocycles. The second kappa shape index (κ2) is 9.09. The molecule has 3 aromatic rings. The smallest absolute Gasteiger partial charge is 0.331 e. The highest BCUT2D eigenvalue weighted by Gasteiger charge is 2.21. The number of ether oxygens (including phenoxy) is 3. The number of benzene rings is 2. The van der Waals surface area contributed by atoms with Crippen LogP contribution in [-0.2, 0) is 14.3 Å². The van der Waals surface area contributed by atoms with E-state index in [2.05, 4.69) is 10.3 Å². The molecule has 1 atom stereocenters. The average Bonchev–Trinajstić information content (AvgIpc) is 2.79. The molecule has 0 aliphatic carbocycles. The fourth-order valence-electron chi connectivity index (χ4n) is 2.96. The molecular weight excluding hydrogens is 384 g/mol. The summed E-state index contributed by atoms with van der Waals surface area (Å²) in [4.78, 5) is 28.2. The van der Waals surface area contributed by atoms with Gasteiger partial charge in [0, 0.05) is 11.5 Å². The molecule has 0 bridgehead atoms. The van der Waals surface area contributed by atoms with E-state index in [1.165, 1.54) is 6.08 Å². The lowest BCUT2D eigenvalue weighted by Crippen LogP contribution is -2.42. The van der Waals surface area contributed by atoms with E-state index in [0.717, 1.165) is 10.9 Å². The van der Waals surface area contributed by atoms with Gasteiger partial charge in [-0.25, -0.2) is 9.78 Å². The maximum Gasteiger partial charge on any atom is 0.331 e. The summed E-state index contributed by atoms with van der Waals surface area (Å²) >= 11 is 0. The van der Waals surface area contributed by atoms with Crippen LogP contribution in [0.2, 0.25) is 0 Å². The molecule has 1 aromatic heterocycles. The third-order valence-electron chi connectivity index (χ3n) is 4.45. The minimum Gasteiger partial charge on any atom is -0.486 e. The van der Waals surface area contributed by atoms with Crippen LogP contribution in [0, 0.1) is 0 Å². The lowest BCUT2D eigenvalue weighted by atomic mass is 10.2. The first-order chi connectivity index (χ1) is 14.7. The lowest BCUT2D eigenvalue weighted by molar-refractivity contribution is -0.143. The van der Waals surface area contributed by atoms with Crippen LogP contribution >= 0.6 is 0 Å². The Morgan fingerprint density at radius 2 is 1.87 bits per heavy atom. The zero-order valence-corrected chi connectivity index (χ0v) is 16.1. The van der Waals surface area contributed by atoms with E-state index in [-0.39, 0.29) is 19.3 Å². The van der Waals surface area contributed by atoms with Crippen LogP contribution in [0.5, 0.6) is 11.5 Å². The molecule has 1 N–H and O–H groups in total. The molecule has 0 unspecified atom stereocenters. The largest absolute Gasteiger partial charge is 0.486 e. The number of amides is 1. The van der Waals surface area contributed by atoms with E-state index in [9.17, 15) is 9.59 Å². The Bertz CT molecular complexity index is 1100. The number of aromatic nitrogens is 1. The van der Waals surface area contributed by atoms with Crippen LogP contribution in [0.15, 0.2) is 66.7 Å². The van der Waals surface area contributed by atoms with Crippen molar-refractivity contribution in [3.63, 3.8) is 0 Å². The fourth-order valence-corrected chi connectivity index (χ4v) is 2.96. The van der Waals surface area contributed by atoms with Gasteiger partial charge < -0.3 is 19.5 Å². The lowest BCUT2D eigenvalue weighted by Gasteiger charge is -2.26. The first-order valence-corrected chi connectivity index (χ1v) is 9.53. The fraction of sp³-hybridized carbons (Fsp3) is 0.174. The number of esters is 1. The van der Waals surface area contributed by atoms with Crippen LogP contribution in [0.25, 0.3) is 17.0 Å². The Labute approximate surface area is 173 Å². The number of fused-ring (bicyclic) bond motifs is 2. The molecule has 0 saturated heterocycles. The summed E-state index contributed by atoms with van der Waals surface area (Å²) < 4.78 is 16.3. The van der Waals surface area contributed by atoms with E-state index in [1.54, 1.807) is 6.08 Å². The van der Waals surface area contributed by atoms with Gasteiger partial charge in [0.25, 0.3) is 5.91 Å². The van der Waals surface area contributed by atoms with Crippen LogP contribution in [0.4, 0.5) is 0 Å². The molecule has 0 fully saturated rings. The van der Waals surface area contributed by atoms with Gasteiger partial charge in [-0.3, -0.25) is 4.79 Å². The van der Waals surface area contributed by atoms with Crippen molar-refractivity contribution in [2.75, 3.05) is 19.8 Å². The topological polar surface area (TPSA) is 86.8 Å². The van der Waals surface area contributed by atoms with Gasteiger partial charge >= 0.3 is 5.97 Å². The van der Waals surface area contributed by atoms with Crippen LogP contribution < -0.4 is 14.8 Å². The SMILES string of the molecule is O=C(COC(=O)/C=C/c1ccc2ccccc2n1)NC[C@@H]1COc2ccccc2O1. The first kappa shape index (κ1) is 19.4. The van der Waals surface area contributed by atoms with Crippen molar-refractivity contribution >= 4 is 28.9 Å². The molecule has 152 valence electrons. The van der Waals surface area contributed by atoms with Crippen molar-refractivity contribution in [3.05, 3.63) is 72.4 Å². The number of rotatable bonds is 6. The van der Waals surface area contributed by atoms with Crippen LogP contribution in [0.3, 0.4) is 0 Å². The van der Waals surface area contributed by atoms with Crippen molar-refractivity contribution < 1.29 is 23.8 Å². The molecule has 0 radical (unpaired) electrons. The molecule has 7 heteroatoms. The highest BCUT2D eigenvalue weighted by molar-refractivity contribution is 5.89. The maximum absolute atomic E-state index is 11.9. The number of para-hydroxylation sites is 3. The Balaban J connectivity index is 1.21. The average molecular weight is 404 g/mol. The Kier molecular flexibility index (Phi) is 5.89. The molecule has 2 heterocycles. The number of hydrogen-bond donors (Lipinski definition) is 1. The Hall–Kier alpha value is -3.87. The number of nitrogens with one attached hydrogen (secondary N) is 1. The quantitative estimate of drug-likeness (QED) is 0.502. The number of nitrogens with zero attached hydrogens (tertiary/aromatic N) is 1. The molecule has 0 saturated carbocycles. The van der Waals surface area contributed by atoms with Gasteiger partial charge in [0.05, 0.1) is 17.8 Å². The second-order valence-corrected chi connectivity index (χ2v) is 6.67. The predicted molar refractivity (Wildman–Crippen MR) is 111 cm³/mol. The number of pyridine rings is 1. The van der Waals surface area contributed by atoms with E-state index >= 15 is 0 Å². The maximum atomic E-state index is 11.9. The summed E-state index contributed by atoms with van der Waals surface area (Å²) in [6.07, 6.45) is 2.50. The summed E-state index contributed by atoms with van der Waals surface area (Å²) in [6, 6.07) is 18.8. The van der Waals surface area contributed by atoms with Gasteiger partial charge in [-0.1, -0.05) is 36.4 Å². The zero-order valence-electron chi connectivity index (χ0n) is 16.1. The molecule has 7 nitrogen and oxygen atoms in total. The van der Waals surface area contributed by atoms with E-state index in [0.29, 0.717) is 23.8 Å². The van der Waals surface area contributed by atoms with Crippen LogP contribution in [-0.4, -0.2) is 42.7 Å². The summed E-state index contributed by atoms with van der Waals surface area (Å²) in [6.45, 7) is 0.207. The minimum atomic E-state index is -0.619. The molecular formula is C23H20N2O5. The molecule has 1 amide bonds. The third-order valence-corrected chi connectivity index (χ3v) is 4.45. The van der Waals surface area contributed by atoms with Crippen molar-refractivity contribution in [1.82, 2.24) is 10.3 Å². The van der Waals surface area contributed by atoms with Gasteiger partial charge in [-0.2, -0.15) is 0 Å². The van der Waals surface area contributed by atoms with Gasteiger partial charge in [0.1, 0.15) is 12.7 Å². The number of carbonyl (C=O) groups is 2. The molecule has 2 aromatic carbocycles. The van der Waals surface area contributed by atoms with Crippen molar-refractivity contribution in [1.29, 1.82) is 0 Å². The van der Waals surface area contributed by atoms with E-state index in [4.69, 9.17) is 14.2 Å². The van der Waals surface area contributed by atoms with Gasteiger partial charge in [0.15, 0.2) is 18.1 Å². The predicted octanol–water partition coefficient (Wildman–Crippen LogP) is 2.75. The summed E-state index contributed by atoms with van der Waals surface area (Å²) in [5, 5.41) is 3.69. The molecule has 1 aliphatic rings.